The zero-order chi connectivity index (χ0) is 20.5. The summed E-state index contributed by atoms with van der Waals surface area (Å²) in [5, 5.41) is 0. The smallest absolute Gasteiger partial charge is 0.165 e. The van der Waals surface area contributed by atoms with Crippen LogP contribution in [0.4, 0.5) is 8.78 Å². The maximum absolute atomic E-state index is 14.5. The Kier molecular flexibility index (Phi) is 5.23. The summed E-state index contributed by atoms with van der Waals surface area (Å²) in [5.74, 6) is 0.0843. The quantitative estimate of drug-likeness (QED) is 0.447. The first kappa shape index (κ1) is 19.4. The number of benzene rings is 3. The van der Waals surface area contributed by atoms with Gasteiger partial charge in [0.2, 0.25) is 0 Å². The van der Waals surface area contributed by atoms with Crippen molar-refractivity contribution in [3.63, 3.8) is 0 Å². The van der Waals surface area contributed by atoms with Gasteiger partial charge in [-0.2, -0.15) is 0 Å². The van der Waals surface area contributed by atoms with Gasteiger partial charge < -0.3 is 4.74 Å². The number of rotatable bonds is 4. The van der Waals surface area contributed by atoms with E-state index in [0.717, 1.165) is 34.3 Å². The molecule has 0 aromatic heterocycles. The van der Waals surface area contributed by atoms with Crippen molar-refractivity contribution >= 4 is 11.1 Å². The molecule has 1 aliphatic heterocycles. The second kappa shape index (κ2) is 7.82. The predicted molar refractivity (Wildman–Crippen MR) is 114 cm³/mol. The van der Waals surface area contributed by atoms with Crippen molar-refractivity contribution in [2.24, 2.45) is 0 Å². The highest BCUT2D eigenvalue weighted by atomic mass is 19.1. The highest BCUT2D eigenvalue weighted by molar-refractivity contribution is 5.95. The molecular weight excluding hydrogens is 366 g/mol. The SMILES string of the molecule is CCC(C)c1ccc(C2Oc3c(F)cccc3C(C)=C2c2ccc(F)cc2)cc1. The molecule has 0 saturated heterocycles. The van der Waals surface area contributed by atoms with Crippen LogP contribution >= 0.6 is 0 Å². The maximum Gasteiger partial charge on any atom is 0.165 e. The molecule has 148 valence electrons. The molecule has 0 amide bonds. The predicted octanol–water partition coefficient (Wildman–Crippen LogP) is 7.54. The molecular formula is C26H24F2O. The minimum atomic E-state index is -0.462. The van der Waals surface area contributed by atoms with Crippen LogP contribution in [0.1, 0.15) is 61.5 Å². The fourth-order valence-electron chi connectivity index (χ4n) is 3.91. The number of allylic oxidation sites excluding steroid dienone is 1. The molecule has 0 radical (unpaired) electrons. The van der Waals surface area contributed by atoms with Crippen molar-refractivity contribution in [3.8, 4) is 5.75 Å². The number of fused-ring (bicyclic) bond motifs is 1. The van der Waals surface area contributed by atoms with Gasteiger partial charge in [0, 0.05) is 11.1 Å². The van der Waals surface area contributed by atoms with Crippen LogP contribution in [0.2, 0.25) is 0 Å². The Morgan fingerprint density at radius 2 is 1.62 bits per heavy atom. The summed E-state index contributed by atoms with van der Waals surface area (Å²) in [7, 11) is 0. The highest BCUT2D eigenvalue weighted by Gasteiger charge is 2.31. The van der Waals surface area contributed by atoms with Gasteiger partial charge in [-0.3, -0.25) is 0 Å². The number of hydrogen-bond donors (Lipinski definition) is 0. The summed E-state index contributed by atoms with van der Waals surface area (Å²) in [6.45, 7) is 6.34. The van der Waals surface area contributed by atoms with Crippen LogP contribution in [0, 0.1) is 11.6 Å². The second-order valence-electron chi connectivity index (χ2n) is 7.64. The lowest BCUT2D eigenvalue weighted by Gasteiger charge is -2.31. The fourth-order valence-corrected chi connectivity index (χ4v) is 3.91. The lowest BCUT2D eigenvalue weighted by Crippen LogP contribution is -2.17. The average Bonchev–Trinajstić information content (AvgIpc) is 2.75. The molecule has 29 heavy (non-hydrogen) atoms. The molecule has 1 heterocycles. The normalized spacial score (nSPS) is 16.9. The molecule has 0 spiro atoms. The molecule has 2 unspecified atom stereocenters. The lowest BCUT2D eigenvalue weighted by atomic mass is 9.85. The minimum Gasteiger partial charge on any atom is -0.477 e. The summed E-state index contributed by atoms with van der Waals surface area (Å²) in [6, 6.07) is 19.7. The van der Waals surface area contributed by atoms with Crippen LogP contribution in [0.25, 0.3) is 11.1 Å². The molecule has 4 rings (SSSR count). The fraction of sp³-hybridized carbons (Fsp3) is 0.231. The van der Waals surface area contributed by atoms with Gasteiger partial charge in [0.05, 0.1) is 0 Å². The standard InChI is InChI=1S/C26H24F2O/c1-4-16(2)18-8-10-20(11-9-18)25-24(19-12-14-21(27)15-13-19)17(3)22-6-5-7-23(28)26(22)29-25/h5-16,25H,4H2,1-3H3. The molecule has 2 atom stereocenters. The molecule has 3 aromatic rings. The van der Waals surface area contributed by atoms with Crippen molar-refractivity contribution in [2.75, 3.05) is 0 Å². The van der Waals surface area contributed by atoms with Crippen LogP contribution < -0.4 is 4.74 Å². The van der Waals surface area contributed by atoms with Gasteiger partial charge in [-0.05, 0) is 59.7 Å². The van der Waals surface area contributed by atoms with Gasteiger partial charge in [0.1, 0.15) is 11.9 Å². The second-order valence-corrected chi connectivity index (χ2v) is 7.64. The van der Waals surface area contributed by atoms with Gasteiger partial charge in [0.25, 0.3) is 0 Å². The van der Waals surface area contributed by atoms with Gasteiger partial charge >= 0.3 is 0 Å². The number of para-hydroxylation sites is 1. The molecule has 0 fully saturated rings. The van der Waals surface area contributed by atoms with Crippen LogP contribution in [0.15, 0.2) is 66.7 Å². The van der Waals surface area contributed by atoms with E-state index in [1.54, 1.807) is 18.2 Å². The highest BCUT2D eigenvalue weighted by Crippen LogP contribution is 2.47. The zero-order valence-corrected chi connectivity index (χ0v) is 16.9. The molecule has 1 aliphatic rings. The van der Waals surface area contributed by atoms with E-state index in [9.17, 15) is 8.78 Å². The van der Waals surface area contributed by atoms with E-state index in [1.807, 2.05) is 13.0 Å². The summed E-state index contributed by atoms with van der Waals surface area (Å²) >= 11 is 0. The first-order valence-electron chi connectivity index (χ1n) is 10.0. The summed E-state index contributed by atoms with van der Waals surface area (Å²) in [5.41, 5.74) is 5.69. The van der Waals surface area contributed by atoms with Crippen molar-refractivity contribution in [3.05, 3.63) is 101 Å². The number of ether oxygens (including phenoxy) is 1. The summed E-state index contributed by atoms with van der Waals surface area (Å²) in [6.07, 6.45) is 0.605. The maximum atomic E-state index is 14.5. The number of halogens is 2. The van der Waals surface area contributed by atoms with Crippen molar-refractivity contribution in [1.82, 2.24) is 0 Å². The topological polar surface area (TPSA) is 9.23 Å². The number of hydrogen-bond acceptors (Lipinski definition) is 1. The van der Waals surface area contributed by atoms with Gasteiger partial charge in [-0.15, -0.1) is 0 Å². The zero-order valence-electron chi connectivity index (χ0n) is 16.9. The van der Waals surface area contributed by atoms with E-state index in [1.165, 1.54) is 23.8 Å². The Balaban J connectivity index is 1.86. The van der Waals surface area contributed by atoms with E-state index in [-0.39, 0.29) is 17.4 Å². The van der Waals surface area contributed by atoms with E-state index in [0.29, 0.717) is 5.92 Å². The molecule has 0 saturated carbocycles. The molecule has 1 nitrogen and oxygen atoms in total. The molecule has 0 aliphatic carbocycles. The van der Waals surface area contributed by atoms with Gasteiger partial charge in [-0.25, -0.2) is 8.78 Å². The Labute approximate surface area is 170 Å². The third kappa shape index (κ3) is 3.57. The van der Waals surface area contributed by atoms with E-state index >= 15 is 0 Å². The Bertz CT molecular complexity index is 1050. The van der Waals surface area contributed by atoms with Crippen LogP contribution in [-0.2, 0) is 0 Å². The van der Waals surface area contributed by atoms with E-state index in [2.05, 4.69) is 38.1 Å². The lowest BCUT2D eigenvalue weighted by molar-refractivity contribution is 0.247. The molecule has 0 bridgehead atoms. The van der Waals surface area contributed by atoms with Crippen molar-refractivity contribution in [2.45, 2.75) is 39.2 Å². The molecule has 3 aromatic carbocycles. The van der Waals surface area contributed by atoms with Crippen LogP contribution in [-0.4, -0.2) is 0 Å². The summed E-state index contributed by atoms with van der Waals surface area (Å²) < 4.78 is 34.3. The van der Waals surface area contributed by atoms with Crippen molar-refractivity contribution in [1.29, 1.82) is 0 Å². The first-order chi connectivity index (χ1) is 14.0. The third-order valence-electron chi connectivity index (χ3n) is 5.85. The average molecular weight is 390 g/mol. The van der Waals surface area contributed by atoms with Crippen LogP contribution in [0.5, 0.6) is 5.75 Å². The van der Waals surface area contributed by atoms with Gasteiger partial charge in [-0.1, -0.05) is 62.4 Å². The Hall–Kier alpha value is -2.94. The summed E-state index contributed by atoms with van der Waals surface area (Å²) in [4.78, 5) is 0. The monoisotopic (exact) mass is 390 g/mol. The first-order valence-corrected chi connectivity index (χ1v) is 10.0. The Morgan fingerprint density at radius 1 is 0.931 bits per heavy atom. The molecule has 0 N–H and O–H groups in total. The van der Waals surface area contributed by atoms with Gasteiger partial charge in [0.15, 0.2) is 11.6 Å². The molecule has 3 heteroatoms. The van der Waals surface area contributed by atoms with Crippen molar-refractivity contribution < 1.29 is 13.5 Å². The minimum absolute atomic E-state index is 0.270. The third-order valence-corrected chi connectivity index (χ3v) is 5.85. The largest absolute Gasteiger partial charge is 0.477 e. The Morgan fingerprint density at radius 3 is 2.28 bits per heavy atom. The van der Waals surface area contributed by atoms with E-state index in [4.69, 9.17) is 4.74 Å². The van der Waals surface area contributed by atoms with E-state index < -0.39 is 6.10 Å². The van der Waals surface area contributed by atoms with Crippen LogP contribution in [0.3, 0.4) is 0 Å².